The predicted molar refractivity (Wildman–Crippen MR) is 132 cm³/mol. The molecule has 0 spiro atoms. The molecule has 1 heterocycles. The van der Waals surface area contributed by atoms with Gasteiger partial charge in [0.15, 0.2) is 12.4 Å². The molecule has 4 N–H and O–H groups in total. The summed E-state index contributed by atoms with van der Waals surface area (Å²) in [5.74, 6) is -0.132. The zero-order valence-corrected chi connectivity index (χ0v) is 20.2. The molecule has 1 amide bonds. The minimum absolute atomic E-state index is 0.00801. The Morgan fingerprint density at radius 2 is 1.74 bits per heavy atom. The van der Waals surface area contributed by atoms with Crippen molar-refractivity contribution in [1.29, 1.82) is 0 Å². The third kappa shape index (κ3) is 7.13. The second-order valence-electron chi connectivity index (χ2n) is 8.13. The average Bonchev–Trinajstić information content (AvgIpc) is 2.82. The Hall–Kier alpha value is -4.21. The van der Waals surface area contributed by atoms with E-state index >= 15 is 0 Å². The Balaban J connectivity index is 1.64. The summed E-state index contributed by atoms with van der Waals surface area (Å²) < 4.78 is 10.8. The molecule has 35 heavy (non-hydrogen) atoms. The molecule has 0 fully saturated rings. The summed E-state index contributed by atoms with van der Waals surface area (Å²) in [4.78, 5) is 37.9. The smallest absolute Gasteiger partial charge is 0.329 e. The molecule has 0 aliphatic rings. The van der Waals surface area contributed by atoms with E-state index in [2.05, 4.69) is 25.6 Å². The number of ether oxygens (including phenoxy) is 2. The Kier molecular flexibility index (Phi) is 8.55. The number of amides is 1. The zero-order valence-electron chi connectivity index (χ0n) is 20.2. The van der Waals surface area contributed by atoms with Crippen LogP contribution in [0.4, 0.5) is 17.6 Å². The quantitative estimate of drug-likeness (QED) is 0.374. The molecule has 1 atom stereocenters. The van der Waals surface area contributed by atoms with Crippen LogP contribution in [0, 0.1) is 12.8 Å². The summed E-state index contributed by atoms with van der Waals surface area (Å²) in [6, 6.07) is 13.5. The highest BCUT2D eigenvalue weighted by atomic mass is 16.5. The van der Waals surface area contributed by atoms with Crippen LogP contribution in [0.1, 0.15) is 42.5 Å². The lowest BCUT2D eigenvalue weighted by atomic mass is 10.0. The number of aryl methyl sites for hydroxylation is 1. The van der Waals surface area contributed by atoms with Gasteiger partial charge in [-0.25, -0.2) is 4.79 Å². The average molecular weight is 479 g/mol. The first-order valence-corrected chi connectivity index (χ1v) is 11.3. The van der Waals surface area contributed by atoms with Crippen LogP contribution < -0.4 is 21.1 Å². The maximum Gasteiger partial charge on any atom is 0.329 e. The highest BCUT2D eigenvalue weighted by molar-refractivity contribution is 5.96. The number of nitrogens with two attached hydrogens (primary N) is 1. The van der Waals surface area contributed by atoms with Crippen LogP contribution in [-0.2, 0) is 16.1 Å². The Morgan fingerprint density at radius 3 is 2.40 bits per heavy atom. The van der Waals surface area contributed by atoms with Gasteiger partial charge in [-0.15, -0.1) is 0 Å². The van der Waals surface area contributed by atoms with Crippen LogP contribution in [0.15, 0.2) is 48.5 Å². The van der Waals surface area contributed by atoms with Crippen LogP contribution >= 0.6 is 0 Å². The molecule has 3 rings (SSSR count). The number of esters is 1. The van der Waals surface area contributed by atoms with Gasteiger partial charge in [-0.2, -0.15) is 15.0 Å². The second-order valence-corrected chi connectivity index (χ2v) is 8.13. The summed E-state index contributed by atoms with van der Waals surface area (Å²) in [5, 5.41) is 5.83. The number of carbonyl (C=O) groups is 2. The van der Waals surface area contributed by atoms with E-state index in [-0.39, 0.29) is 30.2 Å². The van der Waals surface area contributed by atoms with Crippen molar-refractivity contribution in [2.75, 3.05) is 17.7 Å². The van der Waals surface area contributed by atoms with Crippen molar-refractivity contribution in [2.24, 2.45) is 5.92 Å². The SMILES string of the molecule is CCOc1ccc(C(=O)N[C@H](C(=O)OCc2nc(N)nc(Nc3ccccc3C)n2)C(C)C)cc1. The molecule has 1 aromatic heterocycles. The summed E-state index contributed by atoms with van der Waals surface area (Å²) in [5.41, 5.74) is 8.04. The third-order valence-electron chi connectivity index (χ3n) is 5.07. The van der Waals surface area contributed by atoms with Gasteiger partial charge in [0.05, 0.1) is 6.61 Å². The maximum absolute atomic E-state index is 12.8. The van der Waals surface area contributed by atoms with E-state index < -0.39 is 17.9 Å². The van der Waals surface area contributed by atoms with Gasteiger partial charge in [0, 0.05) is 11.3 Å². The van der Waals surface area contributed by atoms with Crippen LogP contribution in [0.25, 0.3) is 0 Å². The summed E-state index contributed by atoms with van der Waals surface area (Å²) in [7, 11) is 0. The Morgan fingerprint density at radius 1 is 1.03 bits per heavy atom. The first-order chi connectivity index (χ1) is 16.8. The fraction of sp³-hybridized carbons (Fsp3) is 0.320. The van der Waals surface area contributed by atoms with Crippen molar-refractivity contribution in [3.8, 4) is 5.75 Å². The van der Waals surface area contributed by atoms with Gasteiger partial charge in [-0.3, -0.25) is 4.79 Å². The number of carbonyl (C=O) groups excluding carboxylic acids is 2. The van der Waals surface area contributed by atoms with Crippen LogP contribution in [0.2, 0.25) is 0 Å². The van der Waals surface area contributed by atoms with E-state index in [0.717, 1.165) is 11.3 Å². The molecular weight excluding hydrogens is 448 g/mol. The molecule has 0 radical (unpaired) electrons. The number of benzene rings is 2. The first kappa shape index (κ1) is 25.4. The first-order valence-electron chi connectivity index (χ1n) is 11.3. The van der Waals surface area contributed by atoms with Crippen molar-refractivity contribution < 1.29 is 19.1 Å². The van der Waals surface area contributed by atoms with E-state index in [4.69, 9.17) is 15.2 Å². The molecule has 184 valence electrons. The zero-order chi connectivity index (χ0) is 25.4. The highest BCUT2D eigenvalue weighted by Crippen LogP contribution is 2.18. The van der Waals surface area contributed by atoms with Crippen molar-refractivity contribution in [2.45, 2.75) is 40.3 Å². The Bertz CT molecular complexity index is 1170. The van der Waals surface area contributed by atoms with Gasteiger partial charge < -0.3 is 25.8 Å². The summed E-state index contributed by atoms with van der Waals surface area (Å²) >= 11 is 0. The normalized spacial score (nSPS) is 11.6. The molecular formula is C25H30N6O4. The molecule has 10 nitrogen and oxygen atoms in total. The molecule has 0 aliphatic heterocycles. The van der Waals surface area contributed by atoms with Crippen molar-refractivity contribution >= 4 is 29.5 Å². The monoisotopic (exact) mass is 478 g/mol. The molecule has 10 heteroatoms. The molecule has 0 saturated heterocycles. The van der Waals surface area contributed by atoms with Crippen molar-refractivity contribution in [1.82, 2.24) is 20.3 Å². The van der Waals surface area contributed by atoms with Gasteiger partial charge in [0.1, 0.15) is 11.8 Å². The number of rotatable bonds is 10. The standard InChI is InChI=1S/C25H30N6O4/c1-5-34-18-12-10-17(11-13-18)22(32)30-21(15(2)3)23(33)35-14-20-28-24(26)31-25(29-20)27-19-9-7-6-8-16(19)4/h6-13,15,21H,5,14H2,1-4H3,(H,30,32)(H3,26,27,28,29,31)/t21-/m0/s1. The van der Waals surface area contributed by atoms with E-state index in [1.54, 1.807) is 24.3 Å². The number of nitrogen functional groups attached to an aromatic ring is 1. The molecule has 0 aliphatic carbocycles. The van der Waals surface area contributed by atoms with Gasteiger partial charge in [-0.05, 0) is 55.7 Å². The van der Waals surface area contributed by atoms with E-state index in [1.165, 1.54) is 0 Å². The summed E-state index contributed by atoms with van der Waals surface area (Å²) in [6.45, 7) is 7.76. The minimum Gasteiger partial charge on any atom is -0.494 e. The second kappa shape index (κ2) is 11.8. The minimum atomic E-state index is -0.863. The number of para-hydroxylation sites is 1. The lowest BCUT2D eigenvalue weighted by molar-refractivity contribution is -0.148. The number of nitrogens with zero attached hydrogens (tertiary/aromatic N) is 3. The van der Waals surface area contributed by atoms with E-state index in [1.807, 2.05) is 52.0 Å². The van der Waals surface area contributed by atoms with Crippen LogP contribution in [-0.4, -0.2) is 39.5 Å². The third-order valence-corrected chi connectivity index (χ3v) is 5.07. The fourth-order valence-electron chi connectivity index (χ4n) is 3.21. The lowest BCUT2D eigenvalue weighted by Crippen LogP contribution is -2.45. The van der Waals surface area contributed by atoms with Crippen LogP contribution in [0.3, 0.4) is 0 Å². The Labute approximate surface area is 204 Å². The van der Waals surface area contributed by atoms with Gasteiger partial charge >= 0.3 is 5.97 Å². The molecule has 2 aromatic carbocycles. The van der Waals surface area contributed by atoms with Gasteiger partial charge in [0.25, 0.3) is 5.91 Å². The van der Waals surface area contributed by atoms with Gasteiger partial charge in [0.2, 0.25) is 11.9 Å². The summed E-state index contributed by atoms with van der Waals surface area (Å²) in [6.07, 6.45) is 0. The lowest BCUT2D eigenvalue weighted by Gasteiger charge is -2.21. The van der Waals surface area contributed by atoms with Crippen LogP contribution in [0.5, 0.6) is 5.75 Å². The molecule has 0 unspecified atom stereocenters. The fourth-order valence-corrected chi connectivity index (χ4v) is 3.21. The number of hydrogen-bond donors (Lipinski definition) is 3. The predicted octanol–water partition coefficient (Wildman–Crippen LogP) is 3.40. The highest BCUT2D eigenvalue weighted by Gasteiger charge is 2.26. The maximum atomic E-state index is 12.8. The molecule has 3 aromatic rings. The largest absolute Gasteiger partial charge is 0.494 e. The molecule has 0 saturated carbocycles. The number of hydrogen-bond acceptors (Lipinski definition) is 9. The van der Waals surface area contributed by atoms with E-state index in [0.29, 0.717) is 17.9 Å². The van der Waals surface area contributed by atoms with Crippen molar-refractivity contribution in [3.63, 3.8) is 0 Å². The number of anilines is 3. The van der Waals surface area contributed by atoms with E-state index in [9.17, 15) is 9.59 Å². The number of aromatic nitrogens is 3. The van der Waals surface area contributed by atoms with Crippen molar-refractivity contribution in [3.05, 3.63) is 65.5 Å². The van der Waals surface area contributed by atoms with Gasteiger partial charge in [-0.1, -0.05) is 32.0 Å². The topological polar surface area (TPSA) is 141 Å². The number of nitrogens with one attached hydrogen (secondary N) is 2. The molecule has 0 bridgehead atoms.